The molecule has 5 nitrogen and oxygen atoms in total. The van der Waals surface area contributed by atoms with Crippen molar-refractivity contribution in [3.63, 3.8) is 0 Å². The Morgan fingerprint density at radius 1 is 1.33 bits per heavy atom. The number of hydrogen-bond acceptors (Lipinski definition) is 3. The molecule has 1 aliphatic rings. The van der Waals surface area contributed by atoms with Crippen molar-refractivity contribution in [3.8, 4) is 0 Å². The zero-order chi connectivity index (χ0) is 17.5. The second-order valence-corrected chi connectivity index (χ2v) is 14.1. The van der Waals surface area contributed by atoms with Gasteiger partial charge in [0, 0.05) is 38.4 Å². The predicted octanol–water partition coefficient (Wildman–Crippen LogP) is 3.81. The van der Waals surface area contributed by atoms with Crippen LogP contribution in [0.15, 0.2) is 17.1 Å². The van der Waals surface area contributed by atoms with E-state index in [1.807, 2.05) is 24.6 Å². The van der Waals surface area contributed by atoms with Crippen LogP contribution in [0.25, 0.3) is 5.65 Å². The van der Waals surface area contributed by atoms with E-state index >= 15 is 0 Å². The number of nitrogens with zero attached hydrogens (tertiary/aromatic N) is 3. The van der Waals surface area contributed by atoms with Gasteiger partial charge in [0.1, 0.15) is 12.4 Å². The average Bonchev–Trinajstić information content (AvgIpc) is 3.23. The molecule has 0 unspecified atom stereocenters. The van der Waals surface area contributed by atoms with E-state index in [0.29, 0.717) is 12.6 Å². The quantitative estimate of drug-likeness (QED) is 0.565. The van der Waals surface area contributed by atoms with Crippen LogP contribution >= 0.6 is 0 Å². The summed E-state index contributed by atoms with van der Waals surface area (Å²) in [6, 6.07) is 3.21. The summed E-state index contributed by atoms with van der Waals surface area (Å²) < 4.78 is 9.53. The molecule has 1 aliphatic carbocycles. The van der Waals surface area contributed by atoms with Gasteiger partial charge in [-0.1, -0.05) is 33.5 Å². The Kier molecular flexibility index (Phi) is 4.70. The van der Waals surface area contributed by atoms with E-state index in [4.69, 9.17) is 4.74 Å². The predicted molar refractivity (Wildman–Crippen MR) is 99.6 cm³/mol. The smallest absolute Gasteiger partial charge is 0.277 e. The number of fused-ring (bicyclic) bond motifs is 1. The summed E-state index contributed by atoms with van der Waals surface area (Å²) in [5, 5.41) is 4.58. The van der Waals surface area contributed by atoms with E-state index < -0.39 is 8.07 Å². The molecule has 1 fully saturated rings. The van der Waals surface area contributed by atoms with Crippen LogP contribution < -0.4 is 5.56 Å². The van der Waals surface area contributed by atoms with Gasteiger partial charge in [-0.2, -0.15) is 9.61 Å². The Balaban J connectivity index is 1.90. The molecule has 2 aromatic heterocycles. The monoisotopic (exact) mass is 347 g/mol. The summed E-state index contributed by atoms with van der Waals surface area (Å²) in [5.74, 6) is 0.705. The van der Waals surface area contributed by atoms with E-state index in [1.165, 1.54) is 12.8 Å². The topological polar surface area (TPSA) is 48.5 Å². The van der Waals surface area contributed by atoms with E-state index in [-0.39, 0.29) is 11.5 Å². The molecule has 0 atom stereocenters. The standard InChI is InChI=1S/C18H29N3O2Si/c1-13(2)15-11-20(12-23-8-9-24(3,4)5)17-10-16(14-6-7-14)19-21(17)18(15)22/h10-11,13-14H,6-9,12H2,1-5H3. The zero-order valence-electron chi connectivity index (χ0n) is 15.5. The van der Waals surface area contributed by atoms with Crippen LogP contribution in [0, 0.1) is 0 Å². The van der Waals surface area contributed by atoms with Gasteiger partial charge in [-0.25, -0.2) is 0 Å². The molecule has 0 saturated heterocycles. The average molecular weight is 348 g/mol. The fourth-order valence-electron chi connectivity index (χ4n) is 2.77. The summed E-state index contributed by atoms with van der Waals surface area (Å²) >= 11 is 0. The minimum absolute atomic E-state index is 0.00486. The van der Waals surface area contributed by atoms with Crippen LogP contribution in [0.5, 0.6) is 0 Å². The summed E-state index contributed by atoms with van der Waals surface area (Å²) in [6.07, 6.45) is 4.32. The van der Waals surface area contributed by atoms with Gasteiger partial charge in [0.05, 0.1) is 5.69 Å². The molecule has 1 saturated carbocycles. The highest BCUT2D eigenvalue weighted by atomic mass is 28.3. The van der Waals surface area contributed by atoms with Crippen molar-refractivity contribution in [1.29, 1.82) is 0 Å². The van der Waals surface area contributed by atoms with Crippen molar-refractivity contribution in [2.75, 3.05) is 6.61 Å². The molecule has 0 aromatic carbocycles. The molecule has 0 amide bonds. The second-order valence-electron chi connectivity index (χ2n) is 8.48. The maximum Gasteiger partial charge on any atom is 0.277 e. The fourth-order valence-corrected chi connectivity index (χ4v) is 3.53. The minimum Gasteiger partial charge on any atom is -0.361 e. The van der Waals surface area contributed by atoms with Crippen molar-refractivity contribution < 1.29 is 4.74 Å². The van der Waals surface area contributed by atoms with Crippen molar-refractivity contribution >= 4 is 13.7 Å². The second kappa shape index (κ2) is 6.48. The first-order valence-corrected chi connectivity index (χ1v) is 12.7. The van der Waals surface area contributed by atoms with Crippen molar-refractivity contribution in [1.82, 2.24) is 14.2 Å². The molecule has 0 bridgehead atoms. The molecule has 0 N–H and O–H groups in total. The lowest BCUT2D eigenvalue weighted by molar-refractivity contribution is 0.0887. The molecule has 6 heteroatoms. The SMILES string of the molecule is CC(C)c1cn(COCC[Si](C)(C)C)c2cc(C3CC3)nn2c1=O. The van der Waals surface area contributed by atoms with Gasteiger partial charge in [-0.15, -0.1) is 0 Å². The van der Waals surface area contributed by atoms with E-state index in [9.17, 15) is 4.79 Å². The first-order chi connectivity index (χ1) is 11.3. The fraction of sp³-hybridized carbons (Fsp3) is 0.667. The molecule has 2 aromatic rings. The van der Waals surface area contributed by atoms with Crippen LogP contribution in [0.1, 0.15) is 49.8 Å². The van der Waals surface area contributed by atoms with Gasteiger partial charge in [-0.05, 0) is 24.8 Å². The molecular formula is C18H29N3O2Si. The first-order valence-electron chi connectivity index (χ1n) is 8.97. The number of rotatable bonds is 7. The third-order valence-electron chi connectivity index (χ3n) is 4.58. The summed E-state index contributed by atoms with van der Waals surface area (Å²) in [7, 11) is -1.09. The van der Waals surface area contributed by atoms with Crippen molar-refractivity contribution in [2.24, 2.45) is 0 Å². The summed E-state index contributed by atoms with van der Waals surface area (Å²) in [5.41, 5.74) is 2.69. The molecule has 0 aliphatic heterocycles. The Morgan fingerprint density at radius 2 is 2.04 bits per heavy atom. The highest BCUT2D eigenvalue weighted by Crippen LogP contribution is 2.39. The lowest BCUT2D eigenvalue weighted by Crippen LogP contribution is -2.25. The lowest BCUT2D eigenvalue weighted by atomic mass is 10.1. The van der Waals surface area contributed by atoms with E-state index in [0.717, 1.165) is 29.6 Å². The number of aromatic nitrogens is 3. The number of ether oxygens (including phenoxy) is 1. The maximum absolute atomic E-state index is 12.7. The molecule has 0 spiro atoms. The van der Waals surface area contributed by atoms with Crippen molar-refractivity contribution in [2.45, 2.75) is 70.9 Å². The number of hydrogen-bond donors (Lipinski definition) is 0. The normalized spacial score (nSPS) is 15.6. The van der Waals surface area contributed by atoms with Gasteiger partial charge in [0.15, 0.2) is 0 Å². The zero-order valence-corrected chi connectivity index (χ0v) is 16.5. The van der Waals surface area contributed by atoms with E-state index in [2.05, 4.69) is 30.8 Å². The van der Waals surface area contributed by atoms with Gasteiger partial charge < -0.3 is 9.30 Å². The molecule has 2 heterocycles. The molecule has 24 heavy (non-hydrogen) atoms. The Morgan fingerprint density at radius 3 is 2.62 bits per heavy atom. The first kappa shape index (κ1) is 17.4. The van der Waals surface area contributed by atoms with Crippen LogP contribution in [0.2, 0.25) is 25.7 Å². The van der Waals surface area contributed by atoms with Crippen molar-refractivity contribution in [3.05, 3.63) is 33.9 Å². The highest BCUT2D eigenvalue weighted by Gasteiger charge is 2.27. The lowest BCUT2D eigenvalue weighted by Gasteiger charge is -2.17. The van der Waals surface area contributed by atoms with Gasteiger partial charge in [0.25, 0.3) is 5.56 Å². The third-order valence-corrected chi connectivity index (χ3v) is 6.29. The maximum atomic E-state index is 12.7. The third kappa shape index (κ3) is 3.80. The van der Waals surface area contributed by atoms with E-state index in [1.54, 1.807) is 4.52 Å². The van der Waals surface area contributed by atoms with Crippen LogP contribution in [-0.4, -0.2) is 28.9 Å². The molecular weight excluding hydrogens is 318 g/mol. The molecule has 0 radical (unpaired) electrons. The largest absolute Gasteiger partial charge is 0.361 e. The summed E-state index contributed by atoms with van der Waals surface area (Å²) in [4.78, 5) is 12.7. The molecule has 132 valence electrons. The van der Waals surface area contributed by atoms with Gasteiger partial charge in [0.2, 0.25) is 0 Å². The van der Waals surface area contributed by atoms with Gasteiger partial charge >= 0.3 is 0 Å². The summed E-state index contributed by atoms with van der Waals surface area (Å²) in [6.45, 7) is 12.4. The molecule has 3 rings (SSSR count). The Labute approximate surface area is 144 Å². The minimum atomic E-state index is -1.09. The van der Waals surface area contributed by atoms with Gasteiger partial charge in [-0.3, -0.25) is 4.79 Å². The van der Waals surface area contributed by atoms with Crippen LogP contribution in [-0.2, 0) is 11.5 Å². The Hall–Kier alpha value is -1.40. The van der Waals surface area contributed by atoms with Crippen LogP contribution in [0.4, 0.5) is 0 Å². The Bertz CT molecular complexity index is 782. The highest BCUT2D eigenvalue weighted by molar-refractivity contribution is 6.76. The van der Waals surface area contributed by atoms with Crippen LogP contribution in [0.3, 0.4) is 0 Å².